The van der Waals surface area contributed by atoms with Gasteiger partial charge in [0, 0.05) is 17.5 Å². The van der Waals surface area contributed by atoms with E-state index in [0.717, 1.165) is 12.7 Å². The molecule has 0 radical (unpaired) electrons. The van der Waals surface area contributed by atoms with Crippen LogP contribution in [0, 0.1) is 0 Å². The zero-order chi connectivity index (χ0) is 34.0. The van der Waals surface area contributed by atoms with E-state index >= 15 is 0 Å². The lowest BCUT2D eigenvalue weighted by Crippen LogP contribution is -2.38. The van der Waals surface area contributed by atoms with Gasteiger partial charge in [-0.25, -0.2) is 0 Å². The third kappa shape index (κ3) is 10.8. The van der Waals surface area contributed by atoms with Gasteiger partial charge in [-0.2, -0.15) is 36.2 Å². The molecule has 7 nitrogen and oxygen atoms in total. The van der Waals surface area contributed by atoms with Gasteiger partial charge in [-0.1, -0.05) is 66.5 Å². The highest BCUT2D eigenvalue weighted by atomic mass is 35.5. The number of oxime groups is 1. The van der Waals surface area contributed by atoms with Crippen molar-refractivity contribution >= 4 is 28.9 Å². The first-order valence-electron chi connectivity index (χ1n) is 13.9. The molecule has 3 aromatic carbocycles. The number of alkyl halides is 6. The standard InChI is InChI=1S/C31H32Cl2F6N2O5/c1-3-29(42,22-7-5-4-6-8-22)19-40-12-11-25(21-9-10-26(32)27(33)15-21)28(41-45-46-43-2)18-44-17-20-13-23(30(34,35)36)16-24(14-20)31(37,38)39/h4-10,13-16,25,40,42H,3,11-12,17-19H2,1-2H3/b41-28+. The van der Waals surface area contributed by atoms with E-state index in [2.05, 4.69) is 20.4 Å². The number of nitrogens with one attached hydrogen (secondary N) is 1. The molecule has 0 saturated heterocycles. The fourth-order valence-electron chi connectivity index (χ4n) is 4.64. The van der Waals surface area contributed by atoms with Crippen LogP contribution >= 0.6 is 23.2 Å². The molecule has 0 spiro atoms. The van der Waals surface area contributed by atoms with Gasteiger partial charge in [-0.15, -0.1) is 0 Å². The lowest BCUT2D eigenvalue weighted by molar-refractivity contribution is -0.504. The Hall–Kier alpha value is -2.91. The van der Waals surface area contributed by atoms with Crippen LogP contribution in [0.2, 0.25) is 10.0 Å². The van der Waals surface area contributed by atoms with Gasteiger partial charge in [0.15, 0.2) is 0 Å². The van der Waals surface area contributed by atoms with E-state index in [1.807, 2.05) is 37.3 Å². The number of aliphatic hydroxyl groups is 1. The van der Waals surface area contributed by atoms with Crippen LogP contribution in [0.5, 0.6) is 0 Å². The Balaban J connectivity index is 1.84. The number of hydrogen-bond acceptors (Lipinski definition) is 7. The van der Waals surface area contributed by atoms with Gasteiger partial charge < -0.3 is 15.2 Å². The summed E-state index contributed by atoms with van der Waals surface area (Å²) in [4.78, 5) is 9.14. The number of rotatable bonds is 16. The van der Waals surface area contributed by atoms with Gasteiger partial charge in [0.05, 0.1) is 47.2 Å². The Morgan fingerprint density at radius 1 is 0.891 bits per heavy atom. The second-order valence-electron chi connectivity index (χ2n) is 10.2. The maximum atomic E-state index is 13.3. The number of benzene rings is 3. The van der Waals surface area contributed by atoms with Crippen LogP contribution in [0.1, 0.15) is 53.5 Å². The largest absolute Gasteiger partial charge is 0.416 e. The highest BCUT2D eigenvalue weighted by molar-refractivity contribution is 6.42. The molecular formula is C31H32Cl2F6N2O5. The molecule has 2 unspecified atom stereocenters. The van der Waals surface area contributed by atoms with E-state index in [4.69, 9.17) is 32.9 Å². The second-order valence-corrected chi connectivity index (χ2v) is 11.1. The van der Waals surface area contributed by atoms with Gasteiger partial charge >= 0.3 is 12.4 Å². The summed E-state index contributed by atoms with van der Waals surface area (Å²) in [7, 11) is 1.15. The Kier molecular flexibility index (Phi) is 13.7. The first-order chi connectivity index (χ1) is 21.7. The topological polar surface area (TPSA) is 81.5 Å². The number of nitrogens with zero attached hydrogens (tertiary/aromatic N) is 1. The molecule has 0 aromatic heterocycles. The first kappa shape index (κ1) is 37.5. The van der Waals surface area contributed by atoms with Crippen LogP contribution in [0.3, 0.4) is 0 Å². The molecule has 0 aliphatic rings. The average Bonchev–Trinajstić information content (AvgIpc) is 3.01. The van der Waals surface area contributed by atoms with Crippen LogP contribution in [-0.4, -0.2) is 37.6 Å². The summed E-state index contributed by atoms with van der Waals surface area (Å²) in [5.41, 5.74) is -2.99. The number of ether oxygens (including phenoxy) is 1. The van der Waals surface area contributed by atoms with Crippen molar-refractivity contribution in [3.05, 3.63) is 105 Å². The Bertz CT molecular complexity index is 1410. The van der Waals surface area contributed by atoms with Crippen molar-refractivity contribution in [2.75, 3.05) is 26.8 Å². The Morgan fingerprint density at radius 3 is 2.11 bits per heavy atom. The van der Waals surface area contributed by atoms with Crippen LogP contribution in [0.15, 0.2) is 71.9 Å². The number of hydrogen-bond donors (Lipinski definition) is 2. The normalized spacial score (nSPS) is 14.6. The minimum atomic E-state index is -5.01. The van der Waals surface area contributed by atoms with Crippen molar-refractivity contribution in [2.45, 2.75) is 50.2 Å². The lowest BCUT2D eigenvalue weighted by Gasteiger charge is -2.28. The average molecular weight is 698 g/mol. The van der Waals surface area contributed by atoms with Crippen molar-refractivity contribution < 1.29 is 51.1 Å². The van der Waals surface area contributed by atoms with E-state index in [9.17, 15) is 31.4 Å². The fourth-order valence-corrected chi connectivity index (χ4v) is 4.94. The van der Waals surface area contributed by atoms with Gasteiger partial charge in [0.25, 0.3) is 0 Å². The smallest absolute Gasteiger partial charge is 0.384 e. The number of halogens is 8. The fraction of sp³-hybridized carbons (Fsp3) is 0.387. The quantitative estimate of drug-likeness (QED) is 0.0514. The summed E-state index contributed by atoms with van der Waals surface area (Å²) in [6, 6.07) is 15.1. The van der Waals surface area contributed by atoms with Gasteiger partial charge in [0.2, 0.25) is 0 Å². The molecule has 0 aliphatic carbocycles. The van der Waals surface area contributed by atoms with Gasteiger partial charge in [0.1, 0.15) is 5.60 Å². The van der Waals surface area contributed by atoms with E-state index < -0.39 is 48.2 Å². The third-order valence-corrected chi connectivity index (χ3v) is 7.83. The summed E-state index contributed by atoms with van der Waals surface area (Å²) < 4.78 is 85.6. The highest BCUT2D eigenvalue weighted by Crippen LogP contribution is 2.37. The summed E-state index contributed by atoms with van der Waals surface area (Å²) in [6.45, 7) is 1.34. The van der Waals surface area contributed by atoms with E-state index in [1.165, 1.54) is 0 Å². The Morgan fingerprint density at radius 2 is 1.54 bits per heavy atom. The monoisotopic (exact) mass is 696 g/mol. The van der Waals surface area contributed by atoms with E-state index in [0.29, 0.717) is 37.1 Å². The minimum absolute atomic E-state index is 0.0387. The van der Waals surface area contributed by atoms with Crippen molar-refractivity contribution in [2.24, 2.45) is 5.16 Å². The molecule has 3 rings (SSSR count). The van der Waals surface area contributed by atoms with Crippen molar-refractivity contribution in [3.63, 3.8) is 0 Å². The molecule has 0 amide bonds. The van der Waals surface area contributed by atoms with Crippen molar-refractivity contribution in [3.8, 4) is 0 Å². The van der Waals surface area contributed by atoms with Crippen LogP contribution in [0.4, 0.5) is 26.3 Å². The summed E-state index contributed by atoms with van der Waals surface area (Å²) in [5, 5.41) is 23.3. The molecule has 3 aromatic rings. The van der Waals surface area contributed by atoms with Gasteiger partial charge in [-0.05, 0) is 71.6 Å². The predicted octanol–water partition coefficient (Wildman–Crippen LogP) is 8.47. The summed E-state index contributed by atoms with van der Waals surface area (Å²) in [5.74, 6) is -0.638. The molecule has 2 N–H and O–H groups in total. The second kappa shape index (κ2) is 16.8. The molecule has 2 atom stereocenters. The van der Waals surface area contributed by atoms with Crippen LogP contribution in [0.25, 0.3) is 0 Å². The molecule has 0 aliphatic heterocycles. The zero-order valence-corrected chi connectivity index (χ0v) is 26.2. The highest BCUT2D eigenvalue weighted by Gasteiger charge is 2.37. The minimum Gasteiger partial charge on any atom is -0.384 e. The molecule has 46 heavy (non-hydrogen) atoms. The Labute approximate surface area is 271 Å². The molecular weight excluding hydrogens is 665 g/mol. The summed E-state index contributed by atoms with van der Waals surface area (Å²) in [6.07, 6.45) is -9.30. The van der Waals surface area contributed by atoms with Crippen molar-refractivity contribution in [1.29, 1.82) is 0 Å². The summed E-state index contributed by atoms with van der Waals surface area (Å²) >= 11 is 12.4. The predicted molar refractivity (Wildman–Crippen MR) is 160 cm³/mol. The van der Waals surface area contributed by atoms with E-state index in [-0.39, 0.29) is 33.9 Å². The van der Waals surface area contributed by atoms with E-state index in [1.54, 1.807) is 18.2 Å². The molecule has 252 valence electrons. The molecule has 0 bridgehead atoms. The zero-order valence-electron chi connectivity index (χ0n) is 24.7. The molecule has 0 heterocycles. The maximum absolute atomic E-state index is 13.3. The van der Waals surface area contributed by atoms with Gasteiger partial charge in [-0.3, -0.25) is 0 Å². The lowest BCUT2D eigenvalue weighted by atomic mass is 9.89. The first-order valence-corrected chi connectivity index (χ1v) is 14.7. The molecule has 15 heteroatoms. The SMILES string of the molecule is CCC(O)(CNCCC(/C(COCc1cc(C(F)(F)F)cc(C(F)(F)F)c1)=N/OOOC)c1ccc(Cl)c(Cl)c1)c1ccccc1. The van der Waals surface area contributed by atoms with Crippen LogP contribution < -0.4 is 5.32 Å². The molecule has 0 saturated carbocycles. The van der Waals surface area contributed by atoms with Crippen molar-refractivity contribution in [1.82, 2.24) is 5.32 Å². The maximum Gasteiger partial charge on any atom is 0.416 e. The molecule has 0 fully saturated rings. The van der Waals surface area contributed by atoms with Crippen LogP contribution in [-0.2, 0) is 44.2 Å². The third-order valence-electron chi connectivity index (χ3n) is 7.09.